The van der Waals surface area contributed by atoms with Crippen molar-refractivity contribution >= 4 is 58.1 Å². The highest BCUT2D eigenvalue weighted by Gasteiger charge is 2.14. The first-order valence-electron chi connectivity index (χ1n) is 6.26. The van der Waals surface area contributed by atoms with Gasteiger partial charge in [-0.1, -0.05) is 11.6 Å². The molecule has 0 spiro atoms. The second-order valence-corrected chi connectivity index (χ2v) is 5.58. The van der Waals surface area contributed by atoms with Crippen molar-refractivity contribution in [2.24, 2.45) is 0 Å². The molecule has 116 valence electrons. The molecule has 0 saturated carbocycles. The number of halogens is 4. The van der Waals surface area contributed by atoms with Crippen LogP contribution in [0.2, 0.25) is 5.02 Å². The summed E-state index contributed by atoms with van der Waals surface area (Å²) in [6.07, 6.45) is 1.64. The zero-order valence-electron chi connectivity index (χ0n) is 11.2. The number of rotatable bonds is 6. The number of aromatic nitrogens is 1. The Morgan fingerprint density at radius 3 is 2.48 bits per heavy atom. The van der Waals surface area contributed by atoms with E-state index in [0.717, 1.165) is 10.9 Å². The summed E-state index contributed by atoms with van der Waals surface area (Å²) in [7, 11) is 0. The topological polar surface area (TPSA) is 36.4 Å². The fourth-order valence-corrected chi connectivity index (χ4v) is 2.87. The number of alkyl halides is 2. The maximum atomic E-state index is 10.3. The SMILES string of the molecule is Cl.Oc1c(CN(CCCl)CCCl)cc(Cl)c2cccnc12. The normalized spacial score (nSPS) is 10.9. The van der Waals surface area contributed by atoms with Crippen molar-refractivity contribution in [3.8, 4) is 5.75 Å². The fourth-order valence-electron chi connectivity index (χ4n) is 2.11. The lowest BCUT2D eigenvalue weighted by atomic mass is 10.1. The van der Waals surface area contributed by atoms with Crippen LogP contribution < -0.4 is 0 Å². The van der Waals surface area contributed by atoms with Crippen molar-refractivity contribution in [3.63, 3.8) is 0 Å². The first kappa shape index (κ1) is 18.6. The van der Waals surface area contributed by atoms with Gasteiger partial charge in [0.15, 0.2) is 0 Å². The number of fused-ring (bicyclic) bond motifs is 1. The van der Waals surface area contributed by atoms with Crippen LogP contribution in [0.15, 0.2) is 24.4 Å². The van der Waals surface area contributed by atoms with Gasteiger partial charge in [-0.3, -0.25) is 9.88 Å². The molecule has 2 rings (SSSR count). The minimum absolute atomic E-state index is 0. The molecule has 0 atom stereocenters. The van der Waals surface area contributed by atoms with Crippen molar-refractivity contribution in [1.29, 1.82) is 0 Å². The van der Waals surface area contributed by atoms with Crippen LogP contribution in [-0.2, 0) is 6.54 Å². The fraction of sp³-hybridized carbons (Fsp3) is 0.357. The molecule has 0 aliphatic rings. The van der Waals surface area contributed by atoms with Gasteiger partial charge in [0.2, 0.25) is 0 Å². The summed E-state index contributed by atoms with van der Waals surface area (Å²) in [5, 5.41) is 11.7. The van der Waals surface area contributed by atoms with E-state index in [2.05, 4.69) is 9.88 Å². The number of aromatic hydroxyl groups is 1. The minimum atomic E-state index is 0. The maximum absolute atomic E-state index is 10.3. The Hall–Kier alpha value is -0.450. The van der Waals surface area contributed by atoms with E-state index in [0.29, 0.717) is 41.9 Å². The van der Waals surface area contributed by atoms with Crippen LogP contribution in [0.5, 0.6) is 5.75 Å². The predicted molar refractivity (Wildman–Crippen MR) is 92.4 cm³/mol. The highest BCUT2D eigenvalue weighted by Crippen LogP contribution is 2.33. The molecular weight excluding hydrogens is 354 g/mol. The van der Waals surface area contributed by atoms with Crippen molar-refractivity contribution in [3.05, 3.63) is 35.0 Å². The summed E-state index contributed by atoms with van der Waals surface area (Å²) in [5.41, 5.74) is 1.25. The third-order valence-electron chi connectivity index (χ3n) is 3.09. The molecule has 0 fully saturated rings. The van der Waals surface area contributed by atoms with Gasteiger partial charge in [-0.2, -0.15) is 0 Å². The molecule has 21 heavy (non-hydrogen) atoms. The van der Waals surface area contributed by atoms with E-state index in [1.54, 1.807) is 18.3 Å². The van der Waals surface area contributed by atoms with Crippen LogP contribution in [0.3, 0.4) is 0 Å². The zero-order valence-corrected chi connectivity index (χ0v) is 14.3. The first-order chi connectivity index (χ1) is 9.67. The maximum Gasteiger partial charge on any atom is 0.146 e. The summed E-state index contributed by atoms with van der Waals surface area (Å²) >= 11 is 17.8. The summed E-state index contributed by atoms with van der Waals surface area (Å²) in [4.78, 5) is 6.27. The van der Waals surface area contributed by atoms with Gasteiger partial charge in [0.25, 0.3) is 0 Å². The van der Waals surface area contributed by atoms with Gasteiger partial charge in [-0.15, -0.1) is 35.6 Å². The Balaban J connectivity index is 0.00000220. The van der Waals surface area contributed by atoms with E-state index in [9.17, 15) is 5.11 Å². The molecule has 0 aliphatic carbocycles. The van der Waals surface area contributed by atoms with Crippen molar-refractivity contribution in [2.45, 2.75) is 6.54 Å². The highest BCUT2D eigenvalue weighted by atomic mass is 35.5. The van der Waals surface area contributed by atoms with Crippen LogP contribution in [0, 0.1) is 0 Å². The van der Waals surface area contributed by atoms with Gasteiger partial charge >= 0.3 is 0 Å². The average Bonchev–Trinajstić information content (AvgIpc) is 2.45. The number of phenolic OH excluding ortho intramolecular Hbond substituents is 1. The van der Waals surface area contributed by atoms with Gasteiger partial charge in [-0.25, -0.2) is 0 Å². The quantitative estimate of drug-likeness (QED) is 0.771. The molecule has 1 N–H and O–H groups in total. The van der Waals surface area contributed by atoms with E-state index in [4.69, 9.17) is 34.8 Å². The van der Waals surface area contributed by atoms with Gasteiger partial charge in [-0.05, 0) is 18.2 Å². The van der Waals surface area contributed by atoms with Crippen molar-refractivity contribution in [2.75, 3.05) is 24.8 Å². The lowest BCUT2D eigenvalue weighted by Gasteiger charge is -2.21. The largest absolute Gasteiger partial charge is 0.505 e. The van der Waals surface area contributed by atoms with Crippen molar-refractivity contribution < 1.29 is 5.11 Å². The van der Waals surface area contributed by atoms with Crippen molar-refractivity contribution in [1.82, 2.24) is 9.88 Å². The number of hydrogen-bond acceptors (Lipinski definition) is 3. The van der Waals surface area contributed by atoms with Gasteiger partial charge in [0, 0.05) is 48.5 Å². The molecule has 0 saturated heterocycles. The molecule has 0 amide bonds. The molecule has 1 aromatic carbocycles. The molecular formula is C14H16Cl4N2O. The van der Waals surface area contributed by atoms with Gasteiger partial charge in [0.1, 0.15) is 11.3 Å². The molecule has 1 heterocycles. The average molecular weight is 370 g/mol. The third-order valence-corrected chi connectivity index (χ3v) is 3.74. The standard InChI is InChI=1S/C14H15Cl3N2O.ClH/c15-3-6-19(7-4-16)9-10-8-12(17)11-2-1-5-18-13(11)14(10)20;/h1-2,5,8,20H,3-4,6-7,9H2;1H. The minimum Gasteiger partial charge on any atom is -0.505 e. The highest BCUT2D eigenvalue weighted by molar-refractivity contribution is 6.35. The summed E-state index contributed by atoms with van der Waals surface area (Å²) in [6.45, 7) is 1.94. The molecule has 7 heteroatoms. The molecule has 3 nitrogen and oxygen atoms in total. The molecule has 0 aliphatic heterocycles. The lowest BCUT2D eigenvalue weighted by molar-refractivity contribution is 0.294. The van der Waals surface area contributed by atoms with E-state index in [-0.39, 0.29) is 18.2 Å². The molecule has 0 unspecified atom stereocenters. The van der Waals surface area contributed by atoms with E-state index < -0.39 is 0 Å². The van der Waals surface area contributed by atoms with Crippen LogP contribution in [0.4, 0.5) is 0 Å². The zero-order chi connectivity index (χ0) is 14.5. The summed E-state index contributed by atoms with van der Waals surface area (Å²) < 4.78 is 0. The van der Waals surface area contributed by atoms with E-state index in [1.807, 2.05) is 6.07 Å². The molecule has 0 bridgehead atoms. The third kappa shape index (κ3) is 4.51. The predicted octanol–water partition coefficient (Wildman–Crippen LogP) is 4.30. The smallest absolute Gasteiger partial charge is 0.146 e. The summed E-state index contributed by atoms with van der Waals surface area (Å²) in [6, 6.07) is 5.40. The number of pyridine rings is 1. The lowest BCUT2D eigenvalue weighted by Crippen LogP contribution is -2.27. The molecule has 0 radical (unpaired) electrons. The van der Waals surface area contributed by atoms with Crippen LogP contribution in [0.25, 0.3) is 10.9 Å². The van der Waals surface area contributed by atoms with Gasteiger partial charge in [0.05, 0.1) is 5.02 Å². The van der Waals surface area contributed by atoms with E-state index >= 15 is 0 Å². The van der Waals surface area contributed by atoms with Gasteiger partial charge < -0.3 is 5.11 Å². The Bertz CT molecular complexity index is 588. The monoisotopic (exact) mass is 368 g/mol. The summed E-state index contributed by atoms with van der Waals surface area (Å²) in [5.74, 6) is 1.19. The first-order valence-corrected chi connectivity index (χ1v) is 7.71. The second kappa shape index (κ2) is 8.86. The molecule has 1 aromatic heterocycles. The Labute approximate surface area is 145 Å². The Kier molecular flexibility index (Phi) is 7.85. The number of nitrogens with zero attached hydrogens (tertiary/aromatic N) is 2. The Morgan fingerprint density at radius 2 is 1.86 bits per heavy atom. The number of phenols is 1. The number of hydrogen-bond donors (Lipinski definition) is 1. The van der Waals surface area contributed by atoms with Crippen LogP contribution in [-0.4, -0.2) is 39.8 Å². The van der Waals surface area contributed by atoms with Crippen LogP contribution in [0.1, 0.15) is 5.56 Å². The second-order valence-electron chi connectivity index (χ2n) is 4.42. The Morgan fingerprint density at radius 1 is 1.19 bits per heavy atom. The van der Waals surface area contributed by atoms with Crippen LogP contribution >= 0.6 is 47.2 Å². The number of benzene rings is 1. The molecule has 2 aromatic rings. The van der Waals surface area contributed by atoms with E-state index in [1.165, 1.54) is 0 Å².